The summed E-state index contributed by atoms with van der Waals surface area (Å²) in [5.74, 6) is 0.148. The number of rotatable bonds is 4. The molecular weight excluding hydrogens is 282 g/mol. The molecule has 2 aromatic rings. The molecular formula is C13H10ClN3O3. The van der Waals surface area contributed by atoms with E-state index < -0.39 is 4.92 Å². The third kappa shape index (κ3) is 3.76. The molecule has 0 radical (unpaired) electrons. The SMILES string of the molecule is O=C(Cc1ccc([N+](=O)[O-])cc1)Nc1ccc(Cl)cn1. The van der Waals surface area contributed by atoms with Crippen molar-refractivity contribution in [3.05, 3.63) is 63.3 Å². The Balaban J connectivity index is 1.97. The Bertz CT molecular complexity index is 626. The van der Waals surface area contributed by atoms with Crippen LogP contribution in [0, 0.1) is 10.1 Å². The summed E-state index contributed by atoms with van der Waals surface area (Å²) in [5, 5.41) is 13.6. The molecule has 0 unspecified atom stereocenters. The molecule has 6 nitrogen and oxygen atoms in total. The minimum Gasteiger partial charge on any atom is -0.310 e. The monoisotopic (exact) mass is 291 g/mol. The Morgan fingerprint density at radius 1 is 1.25 bits per heavy atom. The molecule has 0 spiro atoms. The summed E-state index contributed by atoms with van der Waals surface area (Å²) in [6.45, 7) is 0. The topological polar surface area (TPSA) is 85.1 Å². The van der Waals surface area contributed by atoms with Gasteiger partial charge in [0.25, 0.3) is 5.69 Å². The van der Waals surface area contributed by atoms with E-state index in [1.54, 1.807) is 24.3 Å². The van der Waals surface area contributed by atoms with Crippen molar-refractivity contribution in [2.24, 2.45) is 0 Å². The number of nitrogens with zero attached hydrogens (tertiary/aromatic N) is 2. The number of carbonyl (C=O) groups excluding carboxylic acids is 1. The van der Waals surface area contributed by atoms with Crippen LogP contribution in [0.3, 0.4) is 0 Å². The van der Waals surface area contributed by atoms with E-state index in [0.717, 1.165) is 0 Å². The average molecular weight is 292 g/mol. The van der Waals surface area contributed by atoms with Gasteiger partial charge in [-0.2, -0.15) is 0 Å². The maximum absolute atomic E-state index is 11.8. The maximum atomic E-state index is 11.8. The van der Waals surface area contributed by atoms with E-state index in [1.165, 1.54) is 18.3 Å². The fourth-order valence-corrected chi connectivity index (χ4v) is 1.67. The van der Waals surface area contributed by atoms with Crippen molar-refractivity contribution in [3.8, 4) is 0 Å². The van der Waals surface area contributed by atoms with Gasteiger partial charge in [-0.3, -0.25) is 14.9 Å². The second-order valence-corrected chi connectivity index (χ2v) is 4.45. The normalized spacial score (nSPS) is 10.1. The zero-order valence-electron chi connectivity index (χ0n) is 10.2. The first-order chi connectivity index (χ1) is 9.54. The lowest BCUT2D eigenvalue weighted by atomic mass is 10.1. The summed E-state index contributed by atoms with van der Waals surface area (Å²) in [4.78, 5) is 25.7. The highest BCUT2D eigenvalue weighted by Gasteiger charge is 2.08. The first-order valence-corrected chi connectivity index (χ1v) is 6.07. The molecule has 20 heavy (non-hydrogen) atoms. The van der Waals surface area contributed by atoms with Gasteiger partial charge < -0.3 is 5.32 Å². The Labute approximate surface area is 119 Å². The van der Waals surface area contributed by atoms with Crippen LogP contribution in [0.25, 0.3) is 0 Å². The molecule has 1 aromatic carbocycles. The van der Waals surface area contributed by atoms with Crippen LogP contribution in [0.1, 0.15) is 5.56 Å². The molecule has 0 fully saturated rings. The van der Waals surface area contributed by atoms with Crippen LogP contribution in [0.2, 0.25) is 5.02 Å². The Morgan fingerprint density at radius 2 is 1.95 bits per heavy atom. The minimum absolute atomic E-state index is 0.00599. The third-order valence-electron chi connectivity index (χ3n) is 2.51. The van der Waals surface area contributed by atoms with Crippen molar-refractivity contribution in [3.63, 3.8) is 0 Å². The number of nitro groups is 1. The van der Waals surface area contributed by atoms with Gasteiger partial charge in [0, 0.05) is 18.3 Å². The van der Waals surface area contributed by atoms with Gasteiger partial charge in [0.1, 0.15) is 5.82 Å². The zero-order chi connectivity index (χ0) is 14.5. The molecule has 102 valence electrons. The van der Waals surface area contributed by atoms with Crippen molar-refractivity contribution in [2.75, 3.05) is 5.32 Å². The molecule has 2 rings (SSSR count). The number of non-ortho nitro benzene ring substituents is 1. The highest BCUT2D eigenvalue weighted by Crippen LogP contribution is 2.13. The second-order valence-electron chi connectivity index (χ2n) is 4.01. The molecule has 0 bridgehead atoms. The van der Waals surface area contributed by atoms with Crippen LogP contribution in [-0.4, -0.2) is 15.8 Å². The van der Waals surface area contributed by atoms with Gasteiger partial charge in [0.05, 0.1) is 16.4 Å². The van der Waals surface area contributed by atoms with Crippen LogP contribution in [-0.2, 0) is 11.2 Å². The van der Waals surface area contributed by atoms with Crippen LogP contribution in [0.15, 0.2) is 42.6 Å². The van der Waals surface area contributed by atoms with Crippen LogP contribution >= 0.6 is 11.6 Å². The summed E-state index contributed by atoms with van der Waals surface area (Å²) in [6, 6.07) is 9.04. The largest absolute Gasteiger partial charge is 0.310 e. The number of anilines is 1. The molecule has 0 saturated heterocycles. The zero-order valence-corrected chi connectivity index (χ0v) is 11.0. The highest BCUT2D eigenvalue weighted by molar-refractivity contribution is 6.30. The average Bonchev–Trinajstić information content (AvgIpc) is 2.42. The van der Waals surface area contributed by atoms with Crippen molar-refractivity contribution >= 4 is 29.0 Å². The van der Waals surface area contributed by atoms with E-state index in [1.807, 2.05) is 0 Å². The number of pyridine rings is 1. The smallest absolute Gasteiger partial charge is 0.269 e. The lowest BCUT2D eigenvalue weighted by Crippen LogP contribution is -2.15. The number of nitrogens with one attached hydrogen (secondary N) is 1. The highest BCUT2D eigenvalue weighted by atomic mass is 35.5. The van der Waals surface area contributed by atoms with Crippen molar-refractivity contribution in [2.45, 2.75) is 6.42 Å². The number of nitro benzene ring substituents is 1. The molecule has 0 aliphatic rings. The first kappa shape index (κ1) is 14.0. The summed E-state index contributed by atoms with van der Waals surface area (Å²) in [5.41, 5.74) is 0.676. The molecule has 1 aromatic heterocycles. The van der Waals surface area contributed by atoms with Crippen LogP contribution < -0.4 is 5.32 Å². The van der Waals surface area contributed by atoms with Crippen LogP contribution in [0.5, 0.6) is 0 Å². The molecule has 1 N–H and O–H groups in total. The standard InChI is InChI=1S/C13H10ClN3O3/c14-10-3-6-12(15-8-10)16-13(18)7-9-1-4-11(5-2-9)17(19)20/h1-6,8H,7H2,(H,15,16,18). The van der Waals surface area contributed by atoms with E-state index >= 15 is 0 Å². The quantitative estimate of drug-likeness (QED) is 0.693. The van der Waals surface area contributed by atoms with Gasteiger partial charge in [-0.1, -0.05) is 23.7 Å². The Morgan fingerprint density at radius 3 is 2.50 bits per heavy atom. The van der Waals surface area contributed by atoms with Gasteiger partial charge >= 0.3 is 0 Å². The van der Waals surface area contributed by atoms with E-state index in [9.17, 15) is 14.9 Å². The predicted octanol–water partition coefficient (Wildman–Crippen LogP) is 2.82. The molecule has 1 heterocycles. The van der Waals surface area contributed by atoms with Crippen molar-refractivity contribution in [1.29, 1.82) is 0 Å². The second kappa shape index (κ2) is 6.12. The lowest BCUT2D eigenvalue weighted by Gasteiger charge is -2.04. The summed E-state index contributed by atoms with van der Waals surface area (Å²) < 4.78 is 0. The van der Waals surface area contributed by atoms with Gasteiger partial charge in [0.15, 0.2) is 0 Å². The molecule has 0 atom stereocenters. The van der Waals surface area contributed by atoms with Gasteiger partial charge in [-0.25, -0.2) is 4.98 Å². The lowest BCUT2D eigenvalue weighted by molar-refractivity contribution is -0.384. The van der Waals surface area contributed by atoms with Gasteiger partial charge in [0.2, 0.25) is 5.91 Å². The molecule has 1 amide bonds. The third-order valence-corrected chi connectivity index (χ3v) is 2.73. The number of hydrogen-bond donors (Lipinski definition) is 1. The van der Waals surface area contributed by atoms with Gasteiger partial charge in [-0.05, 0) is 17.7 Å². The fourth-order valence-electron chi connectivity index (χ4n) is 1.56. The Hall–Kier alpha value is -2.47. The minimum atomic E-state index is -0.485. The number of amides is 1. The van der Waals surface area contributed by atoms with Crippen molar-refractivity contribution in [1.82, 2.24) is 4.98 Å². The van der Waals surface area contributed by atoms with Crippen molar-refractivity contribution < 1.29 is 9.72 Å². The summed E-state index contributed by atoms with van der Waals surface area (Å²) >= 11 is 5.69. The summed E-state index contributed by atoms with van der Waals surface area (Å²) in [6.07, 6.45) is 1.55. The molecule has 0 aliphatic heterocycles. The maximum Gasteiger partial charge on any atom is 0.269 e. The molecule has 0 aliphatic carbocycles. The summed E-state index contributed by atoms with van der Waals surface area (Å²) in [7, 11) is 0. The first-order valence-electron chi connectivity index (χ1n) is 5.69. The molecule has 0 saturated carbocycles. The fraction of sp³-hybridized carbons (Fsp3) is 0.0769. The van der Waals surface area contributed by atoms with E-state index in [4.69, 9.17) is 11.6 Å². The van der Waals surface area contributed by atoms with Crippen LogP contribution in [0.4, 0.5) is 11.5 Å². The molecule has 7 heteroatoms. The number of carbonyl (C=O) groups is 1. The number of aromatic nitrogens is 1. The number of hydrogen-bond acceptors (Lipinski definition) is 4. The number of halogens is 1. The van der Waals surface area contributed by atoms with E-state index in [2.05, 4.69) is 10.3 Å². The Kier molecular flexibility index (Phi) is 4.27. The number of benzene rings is 1. The van der Waals surface area contributed by atoms with E-state index in [-0.39, 0.29) is 18.0 Å². The van der Waals surface area contributed by atoms with E-state index in [0.29, 0.717) is 16.4 Å². The van der Waals surface area contributed by atoms with Gasteiger partial charge in [-0.15, -0.1) is 0 Å². The predicted molar refractivity (Wildman–Crippen MR) is 74.7 cm³/mol.